The lowest BCUT2D eigenvalue weighted by Crippen LogP contribution is -2.48. The van der Waals surface area contributed by atoms with E-state index in [-0.39, 0.29) is 18.6 Å². The van der Waals surface area contributed by atoms with Gasteiger partial charge in [-0.15, -0.1) is 11.3 Å². The van der Waals surface area contributed by atoms with Gasteiger partial charge in [-0.3, -0.25) is 14.6 Å². The third-order valence-corrected chi connectivity index (χ3v) is 7.55. The molecule has 2 heterocycles. The van der Waals surface area contributed by atoms with Gasteiger partial charge in [0.2, 0.25) is 0 Å². The number of aliphatic hydroxyl groups is 1. The van der Waals surface area contributed by atoms with E-state index in [1.165, 1.54) is 10.4 Å². The standard InChI is InChI=1S/C27H33N3O3S/c1-3-23-19-24(27(34-23)28-26(32)21-7-5-4-6-8-21)25(20-9-11-22(33-2)12-10-20)30-15-13-29(14-16-30)17-18-31/h4-12,19,25,31H,3,13-18H2,1-2H3,(H,28,32)/t25-/m1/s1. The first-order valence-electron chi connectivity index (χ1n) is 11.8. The maximum absolute atomic E-state index is 13.0. The highest BCUT2D eigenvalue weighted by atomic mass is 32.1. The summed E-state index contributed by atoms with van der Waals surface area (Å²) < 4.78 is 5.39. The van der Waals surface area contributed by atoms with Crippen LogP contribution in [0.4, 0.5) is 5.00 Å². The number of aliphatic hydroxyl groups excluding tert-OH is 1. The van der Waals surface area contributed by atoms with Gasteiger partial charge < -0.3 is 15.2 Å². The normalized spacial score (nSPS) is 15.7. The molecule has 1 saturated heterocycles. The molecule has 1 fully saturated rings. The molecule has 0 radical (unpaired) electrons. The van der Waals surface area contributed by atoms with E-state index in [1.54, 1.807) is 18.4 Å². The van der Waals surface area contributed by atoms with Crippen LogP contribution in [0.5, 0.6) is 5.75 Å². The van der Waals surface area contributed by atoms with Crippen molar-refractivity contribution < 1.29 is 14.6 Å². The van der Waals surface area contributed by atoms with E-state index in [4.69, 9.17) is 4.74 Å². The number of hydrogen-bond acceptors (Lipinski definition) is 6. The predicted octanol–water partition coefficient (Wildman–Crippen LogP) is 4.27. The molecule has 0 saturated carbocycles. The number of piperazine rings is 1. The van der Waals surface area contributed by atoms with Gasteiger partial charge in [0.15, 0.2) is 0 Å². The number of methoxy groups -OCH3 is 1. The molecule has 0 aliphatic carbocycles. The summed E-state index contributed by atoms with van der Waals surface area (Å²) in [5, 5.41) is 13.5. The van der Waals surface area contributed by atoms with Crippen LogP contribution in [0.3, 0.4) is 0 Å². The van der Waals surface area contributed by atoms with Crippen LogP contribution in [0.1, 0.15) is 39.3 Å². The smallest absolute Gasteiger partial charge is 0.256 e. The molecule has 3 aromatic rings. The molecule has 0 unspecified atom stereocenters. The number of ether oxygens (including phenoxy) is 1. The van der Waals surface area contributed by atoms with Gasteiger partial charge in [-0.2, -0.15) is 0 Å². The molecule has 1 atom stereocenters. The second kappa shape index (κ2) is 11.6. The number of benzene rings is 2. The molecule has 7 heteroatoms. The Morgan fingerprint density at radius 2 is 1.79 bits per heavy atom. The molecule has 1 aliphatic heterocycles. The Kier molecular flexibility index (Phi) is 8.34. The summed E-state index contributed by atoms with van der Waals surface area (Å²) in [5.74, 6) is 0.736. The van der Waals surface area contributed by atoms with Crippen molar-refractivity contribution in [3.63, 3.8) is 0 Å². The van der Waals surface area contributed by atoms with E-state index in [1.807, 2.05) is 42.5 Å². The summed E-state index contributed by atoms with van der Waals surface area (Å²) in [6, 6.07) is 19.9. The summed E-state index contributed by atoms with van der Waals surface area (Å²) in [4.78, 5) is 19.1. The highest BCUT2D eigenvalue weighted by Gasteiger charge is 2.30. The van der Waals surface area contributed by atoms with E-state index in [0.717, 1.165) is 48.9 Å². The predicted molar refractivity (Wildman–Crippen MR) is 138 cm³/mol. The Morgan fingerprint density at radius 1 is 1.09 bits per heavy atom. The van der Waals surface area contributed by atoms with Crippen molar-refractivity contribution in [1.29, 1.82) is 0 Å². The molecule has 0 spiro atoms. The second-order valence-electron chi connectivity index (χ2n) is 8.45. The first kappa shape index (κ1) is 24.4. The number of thiophene rings is 1. The van der Waals surface area contributed by atoms with E-state index < -0.39 is 0 Å². The van der Waals surface area contributed by atoms with Crippen molar-refractivity contribution in [2.24, 2.45) is 0 Å². The van der Waals surface area contributed by atoms with Gasteiger partial charge in [0.05, 0.1) is 19.8 Å². The van der Waals surface area contributed by atoms with E-state index in [9.17, 15) is 9.90 Å². The van der Waals surface area contributed by atoms with Crippen molar-refractivity contribution in [1.82, 2.24) is 9.80 Å². The summed E-state index contributed by atoms with van der Waals surface area (Å²) in [6.45, 7) is 6.63. The van der Waals surface area contributed by atoms with Crippen molar-refractivity contribution >= 4 is 22.2 Å². The number of nitrogens with zero attached hydrogens (tertiary/aromatic N) is 2. The summed E-state index contributed by atoms with van der Waals surface area (Å²) in [7, 11) is 1.68. The average Bonchev–Trinajstić information content (AvgIpc) is 3.28. The second-order valence-corrected chi connectivity index (χ2v) is 9.58. The molecule has 4 rings (SSSR count). The van der Waals surface area contributed by atoms with Gasteiger partial charge in [0.1, 0.15) is 10.8 Å². The number of β-amino-alcohol motifs (C(OH)–C–C–N with tert-alkyl or cyclic N) is 1. The highest BCUT2D eigenvalue weighted by Crippen LogP contribution is 2.40. The fourth-order valence-corrected chi connectivity index (χ4v) is 5.48. The minimum atomic E-state index is -0.0902. The zero-order valence-electron chi connectivity index (χ0n) is 19.9. The van der Waals surface area contributed by atoms with Crippen LogP contribution in [-0.4, -0.2) is 67.3 Å². The van der Waals surface area contributed by atoms with E-state index >= 15 is 0 Å². The summed E-state index contributed by atoms with van der Waals surface area (Å²) in [5.41, 5.74) is 2.96. The molecule has 6 nitrogen and oxygen atoms in total. The maximum Gasteiger partial charge on any atom is 0.256 e. The minimum Gasteiger partial charge on any atom is -0.497 e. The van der Waals surface area contributed by atoms with Crippen LogP contribution in [-0.2, 0) is 6.42 Å². The number of carbonyl (C=O) groups is 1. The van der Waals surface area contributed by atoms with Gasteiger partial charge in [0.25, 0.3) is 5.91 Å². The van der Waals surface area contributed by atoms with Crippen molar-refractivity contribution in [2.45, 2.75) is 19.4 Å². The SMILES string of the molecule is CCc1cc([C@@H](c2ccc(OC)cc2)N2CCN(CCO)CC2)c(NC(=O)c2ccccc2)s1. The van der Waals surface area contributed by atoms with E-state index in [0.29, 0.717) is 12.1 Å². The Balaban J connectivity index is 1.69. The fourth-order valence-electron chi connectivity index (χ4n) is 4.46. The van der Waals surface area contributed by atoms with Gasteiger partial charge in [-0.05, 0) is 42.3 Å². The van der Waals surface area contributed by atoms with Crippen LogP contribution in [0.25, 0.3) is 0 Å². The van der Waals surface area contributed by atoms with Crippen LogP contribution >= 0.6 is 11.3 Å². The number of anilines is 1. The first-order valence-corrected chi connectivity index (χ1v) is 12.6. The Morgan fingerprint density at radius 3 is 2.41 bits per heavy atom. The average molecular weight is 480 g/mol. The van der Waals surface area contributed by atoms with Crippen LogP contribution in [0.15, 0.2) is 60.7 Å². The minimum absolute atomic E-state index is 0.0183. The Bertz CT molecular complexity index is 1060. The van der Waals surface area contributed by atoms with Gasteiger partial charge in [0, 0.05) is 48.7 Å². The van der Waals surface area contributed by atoms with Crippen molar-refractivity contribution in [3.05, 3.63) is 82.2 Å². The van der Waals surface area contributed by atoms with Gasteiger partial charge in [-0.1, -0.05) is 37.3 Å². The molecule has 1 aliphatic rings. The fraction of sp³-hybridized carbons (Fsp3) is 0.370. The lowest BCUT2D eigenvalue weighted by Gasteiger charge is -2.39. The van der Waals surface area contributed by atoms with Crippen molar-refractivity contribution in [3.8, 4) is 5.75 Å². The number of amides is 1. The molecule has 0 bridgehead atoms. The third-order valence-electron chi connectivity index (χ3n) is 6.34. The topological polar surface area (TPSA) is 65.0 Å². The number of nitrogens with one attached hydrogen (secondary N) is 1. The molecule has 1 amide bonds. The lowest BCUT2D eigenvalue weighted by molar-refractivity contribution is 0.0946. The molecule has 34 heavy (non-hydrogen) atoms. The molecule has 2 aromatic carbocycles. The summed E-state index contributed by atoms with van der Waals surface area (Å²) >= 11 is 1.66. The van der Waals surface area contributed by atoms with Crippen molar-refractivity contribution in [2.75, 3.05) is 51.8 Å². The molecular weight excluding hydrogens is 446 g/mol. The molecule has 180 valence electrons. The maximum atomic E-state index is 13.0. The zero-order valence-corrected chi connectivity index (χ0v) is 20.7. The molecule has 2 N–H and O–H groups in total. The van der Waals surface area contributed by atoms with E-state index in [2.05, 4.69) is 40.2 Å². The monoisotopic (exact) mass is 479 g/mol. The van der Waals surface area contributed by atoms with Gasteiger partial charge >= 0.3 is 0 Å². The largest absolute Gasteiger partial charge is 0.497 e. The first-order chi connectivity index (χ1) is 16.6. The van der Waals surface area contributed by atoms with Crippen LogP contribution in [0, 0.1) is 0 Å². The number of hydrogen-bond donors (Lipinski definition) is 2. The number of rotatable bonds is 9. The zero-order chi connectivity index (χ0) is 23.9. The number of carbonyl (C=O) groups excluding carboxylic acids is 1. The third kappa shape index (κ3) is 5.67. The lowest BCUT2D eigenvalue weighted by atomic mass is 9.97. The quantitative estimate of drug-likeness (QED) is 0.480. The molecule has 1 aromatic heterocycles. The van der Waals surface area contributed by atoms with Gasteiger partial charge in [-0.25, -0.2) is 0 Å². The highest BCUT2D eigenvalue weighted by molar-refractivity contribution is 7.16. The summed E-state index contributed by atoms with van der Waals surface area (Å²) in [6.07, 6.45) is 0.915. The Labute approximate surface area is 205 Å². The van der Waals surface area contributed by atoms with Crippen LogP contribution < -0.4 is 10.1 Å². The van der Waals surface area contributed by atoms with Crippen LogP contribution in [0.2, 0.25) is 0 Å². The molecular formula is C27H33N3O3S. The Hall–Kier alpha value is -2.71. The number of aryl methyl sites for hydroxylation is 1.